The molecule has 0 spiro atoms. The van der Waals surface area contributed by atoms with Gasteiger partial charge in [0.2, 0.25) is 5.91 Å². The summed E-state index contributed by atoms with van der Waals surface area (Å²) >= 11 is 7.40. The summed E-state index contributed by atoms with van der Waals surface area (Å²) in [6.07, 6.45) is 1.63. The zero-order chi connectivity index (χ0) is 30.9. The van der Waals surface area contributed by atoms with Crippen molar-refractivity contribution in [2.45, 2.75) is 24.0 Å². The highest BCUT2D eigenvalue weighted by Crippen LogP contribution is 2.28. The maximum absolute atomic E-state index is 13.3. The van der Waals surface area contributed by atoms with E-state index in [2.05, 4.69) is 16.0 Å². The molecule has 1 atom stereocenters. The summed E-state index contributed by atoms with van der Waals surface area (Å²) in [4.78, 5) is 51.0. The SMILES string of the molecule is Cc1ccccc1/C=C(\NC(=O)c1ccccc1)C(=O)Nc1ccc(SC(C)C(=O)Nc2cc(C(=O)O)ccc2Cl)cc1. The van der Waals surface area contributed by atoms with Crippen molar-refractivity contribution < 1.29 is 24.3 Å². The Kier molecular flexibility index (Phi) is 10.4. The largest absolute Gasteiger partial charge is 0.478 e. The van der Waals surface area contributed by atoms with Crippen LogP contribution >= 0.6 is 23.4 Å². The molecule has 0 saturated carbocycles. The average molecular weight is 614 g/mol. The first-order valence-electron chi connectivity index (χ1n) is 13.2. The van der Waals surface area contributed by atoms with Gasteiger partial charge in [0.1, 0.15) is 5.70 Å². The molecule has 10 heteroatoms. The zero-order valence-corrected chi connectivity index (χ0v) is 24.8. The van der Waals surface area contributed by atoms with Crippen molar-refractivity contribution in [3.05, 3.63) is 130 Å². The Morgan fingerprint density at radius 3 is 2.19 bits per heavy atom. The van der Waals surface area contributed by atoms with E-state index in [1.165, 1.54) is 30.0 Å². The summed E-state index contributed by atoms with van der Waals surface area (Å²) in [5.41, 5.74) is 2.95. The van der Waals surface area contributed by atoms with E-state index in [-0.39, 0.29) is 27.9 Å². The van der Waals surface area contributed by atoms with Crippen molar-refractivity contribution in [1.82, 2.24) is 5.32 Å². The van der Waals surface area contributed by atoms with Crippen molar-refractivity contribution >= 4 is 64.5 Å². The first kappa shape index (κ1) is 31.1. The van der Waals surface area contributed by atoms with E-state index in [9.17, 15) is 24.3 Å². The fraction of sp³-hybridized carbons (Fsp3) is 0.0909. The second-order valence-corrected chi connectivity index (χ2v) is 11.3. The topological polar surface area (TPSA) is 125 Å². The molecular weight excluding hydrogens is 586 g/mol. The molecule has 218 valence electrons. The van der Waals surface area contributed by atoms with E-state index in [0.717, 1.165) is 16.0 Å². The standard InChI is InChI=1S/C33H28ClN3O5S/c1-20-8-6-7-11-23(20)18-29(37-31(39)22-9-4-3-5-10-22)32(40)35-25-13-15-26(16-14-25)43-21(2)30(38)36-28-19-24(33(41)42)12-17-27(28)34/h3-19,21H,1-2H3,(H,35,40)(H,36,38)(H,37,39)(H,41,42)/b29-18-. The normalized spacial score (nSPS) is 11.7. The van der Waals surface area contributed by atoms with Crippen LogP contribution in [0.25, 0.3) is 6.08 Å². The third kappa shape index (κ3) is 8.57. The fourth-order valence-corrected chi connectivity index (χ4v) is 4.94. The van der Waals surface area contributed by atoms with Crippen LogP contribution in [0.5, 0.6) is 0 Å². The number of benzene rings is 4. The molecule has 0 heterocycles. The van der Waals surface area contributed by atoms with Gasteiger partial charge in [-0.25, -0.2) is 4.79 Å². The van der Waals surface area contributed by atoms with Gasteiger partial charge in [0.15, 0.2) is 0 Å². The number of carbonyl (C=O) groups excluding carboxylic acids is 3. The molecule has 0 aliphatic rings. The maximum atomic E-state index is 13.3. The van der Waals surface area contributed by atoms with Gasteiger partial charge in [-0.2, -0.15) is 0 Å². The van der Waals surface area contributed by atoms with Crippen LogP contribution in [0.2, 0.25) is 5.02 Å². The van der Waals surface area contributed by atoms with Crippen LogP contribution < -0.4 is 16.0 Å². The van der Waals surface area contributed by atoms with Gasteiger partial charge in [0, 0.05) is 16.1 Å². The van der Waals surface area contributed by atoms with Crippen LogP contribution in [0.3, 0.4) is 0 Å². The molecule has 4 N–H and O–H groups in total. The van der Waals surface area contributed by atoms with E-state index >= 15 is 0 Å². The lowest BCUT2D eigenvalue weighted by molar-refractivity contribution is -0.115. The maximum Gasteiger partial charge on any atom is 0.335 e. The second-order valence-electron chi connectivity index (χ2n) is 9.46. The van der Waals surface area contributed by atoms with Gasteiger partial charge in [-0.1, -0.05) is 54.1 Å². The van der Waals surface area contributed by atoms with Crippen molar-refractivity contribution in [2.75, 3.05) is 10.6 Å². The molecule has 3 amide bonds. The summed E-state index contributed by atoms with van der Waals surface area (Å²) in [7, 11) is 0. The van der Waals surface area contributed by atoms with Crippen LogP contribution in [-0.4, -0.2) is 34.0 Å². The van der Waals surface area contributed by atoms with Gasteiger partial charge in [-0.3, -0.25) is 14.4 Å². The first-order valence-corrected chi connectivity index (χ1v) is 14.4. The minimum Gasteiger partial charge on any atom is -0.478 e. The van der Waals surface area contributed by atoms with Crippen LogP contribution in [0.4, 0.5) is 11.4 Å². The molecule has 0 radical (unpaired) electrons. The van der Waals surface area contributed by atoms with E-state index in [1.807, 2.05) is 31.2 Å². The fourth-order valence-electron chi connectivity index (χ4n) is 3.91. The molecule has 0 fully saturated rings. The number of aryl methyl sites for hydroxylation is 1. The number of hydrogen-bond acceptors (Lipinski definition) is 5. The van der Waals surface area contributed by atoms with Crippen molar-refractivity contribution in [1.29, 1.82) is 0 Å². The molecule has 4 rings (SSSR count). The summed E-state index contributed by atoms with van der Waals surface area (Å²) in [6, 6.07) is 27.1. The van der Waals surface area contributed by atoms with Crippen molar-refractivity contribution in [3.8, 4) is 0 Å². The summed E-state index contributed by atoms with van der Waals surface area (Å²) in [5.74, 6) is -2.39. The highest BCUT2D eigenvalue weighted by molar-refractivity contribution is 8.00. The number of anilines is 2. The molecule has 4 aromatic carbocycles. The number of amides is 3. The van der Waals surface area contributed by atoms with Gasteiger partial charge >= 0.3 is 5.97 Å². The van der Waals surface area contributed by atoms with E-state index < -0.39 is 23.0 Å². The predicted octanol–water partition coefficient (Wildman–Crippen LogP) is 6.88. The van der Waals surface area contributed by atoms with Gasteiger partial charge < -0.3 is 21.1 Å². The third-order valence-electron chi connectivity index (χ3n) is 6.28. The Hall–Kier alpha value is -4.86. The van der Waals surface area contributed by atoms with E-state index in [1.54, 1.807) is 67.6 Å². The van der Waals surface area contributed by atoms with Crippen LogP contribution in [-0.2, 0) is 9.59 Å². The van der Waals surface area contributed by atoms with Crippen molar-refractivity contribution in [2.24, 2.45) is 0 Å². The molecule has 8 nitrogen and oxygen atoms in total. The summed E-state index contributed by atoms with van der Waals surface area (Å²) in [6.45, 7) is 3.63. The minimum atomic E-state index is -1.13. The molecule has 0 aromatic heterocycles. The van der Waals surface area contributed by atoms with Crippen molar-refractivity contribution in [3.63, 3.8) is 0 Å². The second kappa shape index (κ2) is 14.4. The molecule has 4 aromatic rings. The van der Waals surface area contributed by atoms with E-state index in [0.29, 0.717) is 11.3 Å². The lowest BCUT2D eigenvalue weighted by atomic mass is 10.1. The Bertz CT molecular complexity index is 1690. The Morgan fingerprint density at radius 1 is 0.837 bits per heavy atom. The molecule has 0 aliphatic heterocycles. The number of carboxylic acid groups (broad SMARTS) is 1. The quantitative estimate of drug-likeness (QED) is 0.114. The van der Waals surface area contributed by atoms with Crippen LogP contribution in [0, 0.1) is 6.92 Å². The molecular formula is C33H28ClN3O5S. The number of thioether (sulfide) groups is 1. The number of rotatable bonds is 10. The molecule has 1 unspecified atom stereocenters. The first-order chi connectivity index (χ1) is 20.6. The third-order valence-corrected chi connectivity index (χ3v) is 7.72. The van der Waals surface area contributed by atoms with Crippen LogP contribution in [0.15, 0.2) is 108 Å². The molecule has 0 aliphatic carbocycles. The highest BCUT2D eigenvalue weighted by Gasteiger charge is 2.18. The minimum absolute atomic E-state index is 0.00850. The van der Waals surface area contributed by atoms with Crippen LogP contribution in [0.1, 0.15) is 38.8 Å². The summed E-state index contributed by atoms with van der Waals surface area (Å²) in [5, 5.41) is 17.1. The monoisotopic (exact) mass is 613 g/mol. The van der Waals surface area contributed by atoms with Gasteiger partial charge in [0.05, 0.1) is 21.5 Å². The number of carboxylic acids is 1. The van der Waals surface area contributed by atoms with Gasteiger partial charge in [-0.05, 0) is 85.6 Å². The van der Waals surface area contributed by atoms with E-state index in [4.69, 9.17) is 11.6 Å². The smallest absolute Gasteiger partial charge is 0.335 e. The number of aromatic carboxylic acids is 1. The van der Waals surface area contributed by atoms with Gasteiger partial charge in [-0.15, -0.1) is 11.8 Å². The number of nitrogens with one attached hydrogen (secondary N) is 3. The number of carbonyl (C=O) groups is 4. The number of hydrogen-bond donors (Lipinski definition) is 4. The highest BCUT2D eigenvalue weighted by atomic mass is 35.5. The van der Waals surface area contributed by atoms with Gasteiger partial charge in [0.25, 0.3) is 11.8 Å². The lowest BCUT2D eigenvalue weighted by Crippen LogP contribution is -2.30. The molecule has 43 heavy (non-hydrogen) atoms. The Morgan fingerprint density at radius 2 is 1.51 bits per heavy atom. The lowest BCUT2D eigenvalue weighted by Gasteiger charge is -2.14. The zero-order valence-electron chi connectivity index (χ0n) is 23.3. The Labute approximate surface area is 258 Å². The molecule has 0 saturated heterocycles. The number of halogens is 1. The average Bonchev–Trinajstić information content (AvgIpc) is 3.00. The molecule has 0 bridgehead atoms. The Balaban J connectivity index is 1.43. The predicted molar refractivity (Wildman–Crippen MR) is 170 cm³/mol. The summed E-state index contributed by atoms with van der Waals surface area (Å²) < 4.78 is 0.